The van der Waals surface area contributed by atoms with Gasteiger partial charge in [-0.15, -0.1) is 5.10 Å². The van der Waals surface area contributed by atoms with Crippen LogP contribution < -0.4 is 5.32 Å². The molecule has 30 heavy (non-hydrogen) atoms. The zero-order valence-electron chi connectivity index (χ0n) is 16.0. The zero-order chi connectivity index (χ0) is 21.3. The van der Waals surface area contributed by atoms with Crippen LogP contribution in [0.15, 0.2) is 54.8 Å². The number of aromatic nitrogens is 2. The second-order valence-electron chi connectivity index (χ2n) is 7.00. The monoisotopic (exact) mass is 494 g/mol. The Morgan fingerprint density at radius 2 is 1.80 bits per heavy atom. The first-order valence-corrected chi connectivity index (χ1v) is 11.5. The van der Waals surface area contributed by atoms with Crippen molar-refractivity contribution in [2.75, 3.05) is 18.4 Å². The fourth-order valence-electron chi connectivity index (χ4n) is 3.23. The van der Waals surface area contributed by atoms with E-state index in [1.165, 1.54) is 4.31 Å². The molecule has 0 bridgehead atoms. The number of nitrogens with zero attached hydrogens (tertiary/aromatic N) is 3. The van der Waals surface area contributed by atoms with E-state index in [1.54, 1.807) is 36.4 Å². The quantitative estimate of drug-likeness (QED) is 0.576. The Hall–Kier alpha value is -2.50. The van der Waals surface area contributed by atoms with Gasteiger partial charge in [0.1, 0.15) is 0 Å². The predicted octanol–water partition coefficient (Wildman–Crippen LogP) is 3.44. The molecule has 1 amide bonds. The van der Waals surface area contributed by atoms with E-state index >= 15 is 0 Å². The number of rotatable bonds is 5. The first-order valence-electron chi connectivity index (χ1n) is 9.30. The third kappa shape index (κ3) is 4.32. The highest BCUT2D eigenvalue weighted by molar-refractivity contribution is 9.10. The number of anilines is 1. The van der Waals surface area contributed by atoms with Gasteiger partial charge in [-0.1, -0.05) is 22.8 Å². The van der Waals surface area contributed by atoms with E-state index in [4.69, 9.17) is 8.83 Å². The lowest BCUT2D eigenvalue weighted by Crippen LogP contribution is -2.41. The number of hydrogen-bond acceptors (Lipinski definition) is 7. The molecule has 1 aliphatic rings. The third-order valence-corrected chi connectivity index (χ3v) is 7.26. The average Bonchev–Trinajstić information content (AvgIpc) is 3.37. The van der Waals surface area contributed by atoms with Crippen LogP contribution in [0.1, 0.15) is 18.4 Å². The van der Waals surface area contributed by atoms with E-state index in [0.29, 0.717) is 23.3 Å². The Morgan fingerprint density at radius 1 is 1.10 bits per heavy atom. The fraction of sp³-hybridized carbons (Fsp3) is 0.316. The molecule has 0 unspecified atom stereocenters. The zero-order valence-corrected chi connectivity index (χ0v) is 18.4. The van der Waals surface area contributed by atoms with Gasteiger partial charge >= 0.3 is 6.01 Å². The van der Waals surface area contributed by atoms with Gasteiger partial charge in [0.2, 0.25) is 15.9 Å². The molecule has 0 radical (unpaired) electrons. The molecule has 0 atom stereocenters. The Labute approximate surface area is 181 Å². The molecule has 158 valence electrons. The molecule has 3 heterocycles. The number of amides is 1. The molecule has 1 N–H and O–H groups in total. The van der Waals surface area contributed by atoms with Crippen molar-refractivity contribution in [3.8, 4) is 11.7 Å². The van der Waals surface area contributed by atoms with E-state index in [9.17, 15) is 13.2 Å². The molecule has 9 nitrogen and oxygen atoms in total. The van der Waals surface area contributed by atoms with Crippen LogP contribution in [0.3, 0.4) is 0 Å². The molecule has 11 heteroatoms. The standard InChI is InChI=1S/C19H19BrN4O5S/c1-12-2-4-14(5-3-12)30(26,27)24-10-8-13(9-11-24)17(25)21-19-23-22-18(29-19)15-6-7-16(20)28-15/h2-7,13H,8-11H2,1H3,(H,21,23,25). The van der Waals surface area contributed by atoms with Crippen LogP contribution in [-0.4, -0.2) is 41.9 Å². The maximum absolute atomic E-state index is 12.8. The molecule has 1 fully saturated rings. The molecule has 0 saturated carbocycles. The smallest absolute Gasteiger partial charge is 0.322 e. The van der Waals surface area contributed by atoms with Gasteiger partial charge in [-0.3, -0.25) is 10.1 Å². The van der Waals surface area contributed by atoms with Gasteiger partial charge in [0.25, 0.3) is 5.89 Å². The SMILES string of the molecule is Cc1ccc(S(=O)(=O)N2CCC(C(=O)Nc3nnc(-c4ccc(Br)o4)o3)CC2)cc1. The molecule has 3 aromatic rings. The highest BCUT2D eigenvalue weighted by Crippen LogP contribution is 2.27. The molecular formula is C19H19BrN4O5S. The summed E-state index contributed by atoms with van der Waals surface area (Å²) in [6.07, 6.45) is 0.812. The topological polar surface area (TPSA) is 119 Å². The van der Waals surface area contributed by atoms with Gasteiger partial charge in [0.15, 0.2) is 10.4 Å². The summed E-state index contributed by atoms with van der Waals surface area (Å²) in [6.45, 7) is 2.44. The minimum atomic E-state index is -3.57. The summed E-state index contributed by atoms with van der Waals surface area (Å²) in [5, 5.41) is 10.3. The minimum absolute atomic E-state index is 0.0303. The van der Waals surface area contributed by atoms with Crippen molar-refractivity contribution >= 4 is 37.9 Å². The number of aryl methyl sites for hydroxylation is 1. The summed E-state index contributed by atoms with van der Waals surface area (Å²) in [7, 11) is -3.57. The summed E-state index contributed by atoms with van der Waals surface area (Å²) in [5.41, 5.74) is 0.994. The normalized spacial score (nSPS) is 15.9. The summed E-state index contributed by atoms with van der Waals surface area (Å²) < 4.78 is 38.3. The summed E-state index contributed by atoms with van der Waals surface area (Å²) in [6, 6.07) is 10.1. The van der Waals surface area contributed by atoms with Gasteiger partial charge in [-0.25, -0.2) is 8.42 Å². The average molecular weight is 495 g/mol. The number of sulfonamides is 1. The lowest BCUT2D eigenvalue weighted by Gasteiger charge is -2.30. The predicted molar refractivity (Wildman–Crippen MR) is 111 cm³/mol. The van der Waals surface area contributed by atoms with Crippen LogP contribution >= 0.6 is 15.9 Å². The molecule has 0 aliphatic carbocycles. The first-order chi connectivity index (χ1) is 14.3. The Bertz CT molecular complexity index is 1150. The molecule has 1 aromatic carbocycles. The Morgan fingerprint density at radius 3 is 2.43 bits per heavy atom. The lowest BCUT2D eigenvalue weighted by atomic mass is 9.97. The van der Waals surface area contributed by atoms with E-state index < -0.39 is 10.0 Å². The van der Waals surface area contributed by atoms with E-state index in [1.807, 2.05) is 6.92 Å². The van der Waals surface area contributed by atoms with Gasteiger partial charge < -0.3 is 8.83 Å². The molecule has 0 spiro atoms. The van der Waals surface area contributed by atoms with Crippen molar-refractivity contribution in [3.05, 3.63) is 46.6 Å². The van der Waals surface area contributed by atoms with Crippen molar-refractivity contribution in [2.24, 2.45) is 5.92 Å². The number of halogens is 1. The molecular weight excluding hydrogens is 476 g/mol. The molecule has 4 rings (SSSR count). The van der Waals surface area contributed by atoms with E-state index in [2.05, 4.69) is 31.4 Å². The first kappa shape index (κ1) is 20.8. The largest absolute Gasteiger partial charge is 0.444 e. The van der Waals surface area contributed by atoms with E-state index in [0.717, 1.165) is 5.56 Å². The number of benzene rings is 1. The lowest BCUT2D eigenvalue weighted by molar-refractivity contribution is -0.121. The fourth-order valence-corrected chi connectivity index (χ4v) is 5.00. The van der Waals surface area contributed by atoms with Crippen molar-refractivity contribution in [1.29, 1.82) is 0 Å². The third-order valence-electron chi connectivity index (χ3n) is 4.92. The molecule has 1 saturated heterocycles. The van der Waals surface area contributed by atoms with Crippen molar-refractivity contribution in [1.82, 2.24) is 14.5 Å². The maximum Gasteiger partial charge on any atom is 0.322 e. The van der Waals surface area contributed by atoms with Gasteiger partial charge in [-0.05, 0) is 60.0 Å². The summed E-state index contributed by atoms with van der Waals surface area (Å²) in [4.78, 5) is 12.8. The summed E-state index contributed by atoms with van der Waals surface area (Å²) >= 11 is 3.19. The van der Waals surface area contributed by atoms with Crippen molar-refractivity contribution in [2.45, 2.75) is 24.7 Å². The number of nitrogens with one attached hydrogen (secondary N) is 1. The number of carbonyl (C=O) groups excluding carboxylic acids is 1. The van der Waals surface area contributed by atoms with Crippen LogP contribution in [0.25, 0.3) is 11.7 Å². The van der Waals surface area contributed by atoms with E-state index in [-0.39, 0.29) is 41.7 Å². The molecule has 1 aliphatic heterocycles. The van der Waals surface area contributed by atoms with Crippen LogP contribution in [0.4, 0.5) is 6.01 Å². The second-order valence-corrected chi connectivity index (χ2v) is 9.72. The number of carbonyl (C=O) groups is 1. The van der Waals surface area contributed by atoms with Crippen molar-refractivity contribution < 1.29 is 22.0 Å². The van der Waals surface area contributed by atoms with Crippen LogP contribution in [0.2, 0.25) is 0 Å². The van der Waals surface area contributed by atoms with Gasteiger partial charge in [0.05, 0.1) is 4.90 Å². The van der Waals surface area contributed by atoms with Crippen LogP contribution in [-0.2, 0) is 14.8 Å². The second kappa shape index (κ2) is 8.32. The summed E-state index contributed by atoms with van der Waals surface area (Å²) in [5.74, 6) is -0.0970. The highest BCUT2D eigenvalue weighted by Gasteiger charge is 2.32. The van der Waals surface area contributed by atoms with Crippen LogP contribution in [0.5, 0.6) is 0 Å². The minimum Gasteiger partial charge on any atom is -0.444 e. The van der Waals surface area contributed by atoms with Crippen LogP contribution in [0, 0.1) is 12.8 Å². The maximum atomic E-state index is 12.8. The highest BCUT2D eigenvalue weighted by atomic mass is 79.9. The number of hydrogen-bond donors (Lipinski definition) is 1. The van der Waals surface area contributed by atoms with Gasteiger partial charge in [-0.2, -0.15) is 4.31 Å². The number of piperidine rings is 1. The molecule has 2 aromatic heterocycles. The Kier molecular flexibility index (Phi) is 5.76. The number of furan rings is 1. The Balaban J connectivity index is 1.35. The van der Waals surface area contributed by atoms with Gasteiger partial charge in [0, 0.05) is 19.0 Å². The van der Waals surface area contributed by atoms with Crippen molar-refractivity contribution in [3.63, 3.8) is 0 Å².